The van der Waals surface area contributed by atoms with Gasteiger partial charge in [0, 0.05) is 5.69 Å². The van der Waals surface area contributed by atoms with E-state index < -0.39 is 29.6 Å². The molecule has 0 saturated heterocycles. The first-order valence-electron chi connectivity index (χ1n) is 6.62. The minimum atomic E-state index is -5.16. The molecule has 1 amide bonds. The Bertz CT molecular complexity index is 581. The Hall–Kier alpha value is -1.96. The molecular formula is C14H16ClF3N2O3. The molecule has 9 heteroatoms. The molecule has 1 aromatic carbocycles. The zero-order chi connectivity index (χ0) is 17.7. The molecule has 1 rings (SSSR count). The van der Waals surface area contributed by atoms with Gasteiger partial charge in [-0.25, -0.2) is 4.79 Å². The van der Waals surface area contributed by atoms with Gasteiger partial charge in [0.15, 0.2) is 0 Å². The maximum Gasteiger partial charge on any atom is 0.441 e. The lowest BCUT2D eigenvalue weighted by atomic mass is 10.1. The minimum absolute atomic E-state index is 0.00903. The average molecular weight is 353 g/mol. The molecule has 0 aromatic heterocycles. The van der Waals surface area contributed by atoms with Crippen LogP contribution < -0.4 is 10.6 Å². The minimum Gasteiger partial charge on any atom is -0.463 e. The molecule has 1 atom stereocenters. The summed E-state index contributed by atoms with van der Waals surface area (Å²) < 4.78 is 45.3. The summed E-state index contributed by atoms with van der Waals surface area (Å²) in [6, 6.07) is 5.90. The third-order valence-corrected chi connectivity index (χ3v) is 3.05. The van der Waals surface area contributed by atoms with Crippen LogP contribution in [0.25, 0.3) is 0 Å². The highest BCUT2D eigenvalue weighted by molar-refractivity contribution is 6.27. The molecule has 5 nitrogen and oxygen atoms in total. The number of carbonyl (C=O) groups excluding carboxylic acids is 2. The van der Waals surface area contributed by atoms with Gasteiger partial charge in [-0.2, -0.15) is 13.2 Å². The molecule has 128 valence electrons. The maximum absolute atomic E-state index is 13.6. The van der Waals surface area contributed by atoms with Gasteiger partial charge < -0.3 is 15.4 Å². The van der Waals surface area contributed by atoms with Crippen molar-refractivity contribution in [2.24, 2.45) is 0 Å². The Labute approximate surface area is 136 Å². The molecular weight excluding hydrogens is 337 g/mol. The van der Waals surface area contributed by atoms with E-state index in [9.17, 15) is 22.8 Å². The number of hydrogen-bond acceptors (Lipinski definition) is 4. The van der Waals surface area contributed by atoms with E-state index in [0.717, 1.165) is 0 Å². The third kappa shape index (κ3) is 4.51. The first-order valence-corrected chi connectivity index (χ1v) is 7.15. The zero-order valence-corrected chi connectivity index (χ0v) is 13.2. The lowest BCUT2D eigenvalue weighted by Gasteiger charge is -2.35. The standard InChI is InChI=1S/C14H16ClF3N2O3/c1-3-23-12(22)13(14(16,17)18,20-11(21)8-15)19-10-6-4-5-9(2)7-10/h4-7,19H,3,8H2,1-2H3,(H,20,21). The summed E-state index contributed by atoms with van der Waals surface area (Å²) in [6.45, 7) is 2.74. The largest absolute Gasteiger partial charge is 0.463 e. The number of hydrogen-bond donors (Lipinski definition) is 2. The molecule has 0 saturated carbocycles. The summed E-state index contributed by atoms with van der Waals surface area (Å²) in [6.07, 6.45) is -5.16. The number of carbonyl (C=O) groups is 2. The topological polar surface area (TPSA) is 67.4 Å². The van der Waals surface area contributed by atoms with Crippen LogP contribution >= 0.6 is 11.6 Å². The molecule has 0 fully saturated rings. The smallest absolute Gasteiger partial charge is 0.441 e. The highest BCUT2D eigenvalue weighted by Gasteiger charge is 2.63. The van der Waals surface area contributed by atoms with E-state index in [-0.39, 0.29) is 12.3 Å². The first kappa shape index (κ1) is 19.1. The number of esters is 1. The van der Waals surface area contributed by atoms with Gasteiger partial charge in [0.25, 0.3) is 0 Å². The van der Waals surface area contributed by atoms with Gasteiger partial charge in [-0.1, -0.05) is 12.1 Å². The fourth-order valence-corrected chi connectivity index (χ4v) is 1.88. The van der Waals surface area contributed by atoms with Crippen molar-refractivity contribution in [3.8, 4) is 0 Å². The number of anilines is 1. The van der Waals surface area contributed by atoms with Crippen LogP contribution in [0.3, 0.4) is 0 Å². The second kappa shape index (κ2) is 7.54. The second-order valence-corrected chi connectivity index (χ2v) is 4.91. The monoisotopic (exact) mass is 352 g/mol. The fourth-order valence-electron chi connectivity index (χ4n) is 1.81. The zero-order valence-electron chi connectivity index (χ0n) is 12.5. The van der Waals surface area contributed by atoms with Crippen LogP contribution in [0.4, 0.5) is 18.9 Å². The van der Waals surface area contributed by atoms with Gasteiger partial charge in [0.1, 0.15) is 5.88 Å². The Morgan fingerprint density at radius 1 is 1.30 bits per heavy atom. The number of halogens is 4. The Morgan fingerprint density at radius 2 is 1.96 bits per heavy atom. The van der Waals surface area contributed by atoms with Crippen molar-refractivity contribution in [2.45, 2.75) is 25.7 Å². The number of rotatable bonds is 6. The van der Waals surface area contributed by atoms with Crippen molar-refractivity contribution in [3.05, 3.63) is 29.8 Å². The molecule has 0 spiro atoms. The second-order valence-electron chi connectivity index (χ2n) is 4.64. The fraction of sp³-hybridized carbons (Fsp3) is 0.429. The van der Waals surface area contributed by atoms with Gasteiger partial charge in [0.2, 0.25) is 5.91 Å². The molecule has 0 aliphatic rings. The van der Waals surface area contributed by atoms with Crippen LogP contribution in [0.2, 0.25) is 0 Å². The van der Waals surface area contributed by atoms with Crippen LogP contribution in [0.15, 0.2) is 24.3 Å². The van der Waals surface area contributed by atoms with Gasteiger partial charge in [-0.15, -0.1) is 11.6 Å². The summed E-state index contributed by atoms with van der Waals surface area (Å²) in [5.74, 6) is -3.59. The maximum atomic E-state index is 13.6. The molecule has 1 aromatic rings. The molecule has 2 N–H and O–H groups in total. The van der Waals surface area contributed by atoms with Crippen molar-refractivity contribution < 1.29 is 27.5 Å². The Morgan fingerprint density at radius 3 is 2.43 bits per heavy atom. The highest BCUT2D eigenvalue weighted by atomic mass is 35.5. The van der Waals surface area contributed by atoms with Crippen LogP contribution in [-0.4, -0.2) is 36.2 Å². The van der Waals surface area contributed by atoms with Gasteiger partial charge in [-0.3, -0.25) is 4.79 Å². The predicted molar refractivity (Wildman–Crippen MR) is 79.1 cm³/mol. The van der Waals surface area contributed by atoms with Crippen LogP contribution in [0, 0.1) is 6.92 Å². The van der Waals surface area contributed by atoms with Gasteiger partial charge >= 0.3 is 17.8 Å². The van der Waals surface area contributed by atoms with E-state index in [1.807, 2.05) is 5.32 Å². The van der Waals surface area contributed by atoms with E-state index in [1.165, 1.54) is 25.1 Å². The predicted octanol–water partition coefficient (Wildman–Crippen LogP) is 2.58. The Kier molecular flexibility index (Phi) is 6.26. The SMILES string of the molecule is CCOC(=O)C(NC(=O)CCl)(Nc1cccc(C)c1)C(F)(F)F. The molecule has 0 aliphatic carbocycles. The van der Waals surface area contributed by atoms with Gasteiger partial charge in [-0.05, 0) is 31.5 Å². The van der Waals surface area contributed by atoms with Crippen molar-refractivity contribution in [1.82, 2.24) is 5.32 Å². The van der Waals surface area contributed by atoms with Crippen molar-refractivity contribution in [3.63, 3.8) is 0 Å². The van der Waals surface area contributed by atoms with E-state index >= 15 is 0 Å². The third-order valence-electron chi connectivity index (χ3n) is 2.81. The van der Waals surface area contributed by atoms with Crippen LogP contribution in [0.5, 0.6) is 0 Å². The quantitative estimate of drug-likeness (QED) is 0.469. The lowest BCUT2D eigenvalue weighted by Crippen LogP contribution is -2.69. The number of aryl methyl sites for hydroxylation is 1. The summed E-state index contributed by atoms with van der Waals surface area (Å²) in [5.41, 5.74) is -2.77. The number of amides is 1. The summed E-state index contributed by atoms with van der Waals surface area (Å²) in [7, 11) is 0. The number of nitrogens with one attached hydrogen (secondary N) is 2. The van der Waals surface area contributed by atoms with Gasteiger partial charge in [0.05, 0.1) is 6.61 Å². The van der Waals surface area contributed by atoms with Crippen molar-refractivity contribution in [2.75, 3.05) is 17.8 Å². The normalized spacial score (nSPS) is 13.8. The molecule has 0 radical (unpaired) electrons. The van der Waals surface area contributed by atoms with E-state index in [4.69, 9.17) is 11.6 Å². The van der Waals surface area contributed by atoms with E-state index in [2.05, 4.69) is 4.74 Å². The summed E-state index contributed by atoms with van der Waals surface area (Å²) in [4.78, 5) is 23.4. The number of benzene rings is 1. The van der Waals surface area contributed by atoms with Crippen molar-refractivity contribution >= 4 is 29.2 Å². The van der Waals surface area contributed by atoms with E-state index in [0.29, 0.717) is 5.56 Å². The average Bonchev–Trinajstić information content (AvgIpc) is 2.45. The summed E-state index contributed by atoms with van der Waals surface area (Å²) >= 11 is 5.26. The molecule has 0 heterocycles. The lowest BCUT2D eigenvalue weighted by molar-refractivity contribution is -0.207. The number of alkyl halides is 4. The van der Waals surface area contributed by atoms with Crippen molar-refractivity contribution in [1.29, 1.82) is 0 Å². The van der Waals surface area contributed by atoms with E-state index in [1.54, 1.807) is 18.3 Å². The first-order chi connectivity index (χ1) is 10.7. The summed E-state index contributed by atoms with van der Waals surface area (Å²) in [5, 5.41) is 3.62. The van der Waals surface area contributed by atoms with Crippen LogP contribution in [-0.2, 0) is 14.3 Å². The highest BCUT2D eigenvalue weighted by Crippen LogP contribution is 2.33. The molecule has 0 bridgehead atoms. The molecule has 1 unspecified atom stereocenters. The Balaban J connectivity index is 3.36. The molecule has 23 heavy (non-hydrogen) atoms. The van der Waals surface area contributed by atoms with Crippen LogP contribution in [0.1, 0.15) is 12.5 Å². The molecule has 0 aliphatic heterocycles. The number of ether oxygens (including phenoxy) is 1.